The van der Waals surface area contributed by atoms with E-state index in [2.05, 4.69) is 29.5 Å². The lowest BCUT2D eigenvalue weighted by Crippen LogP contribution is -2.28. The van der Waals surface area contributed by atoms with Crippen molar-refractivity contribution in [1.29, 1.82) is 0 Å². The van der Waals surface area contributed by atoms with Gasteiger partial charge in [0.15, 0.2) is 0 Å². The Labute approximate surface area is 126 Å². The number of benzene rings is 1. The minimum absolute atomic E-state index is 0.0892. The van der Waals surface area contributed by atoms with Crippen LogP contribution < -0.4 is 10.6 Å². The zero-order valence-corrected chi connectivity index (χ0v) is 12.9. The molecule has 4 heteroatoms. The van der Waals surface area contributed by atoms with Crippen LogP contribution in [0.5, 0.6) is 0 Å². The molecule has 4 nitrogen and oxygen atoms in total. The number of rotatable bonds is 6. The van der Waals surface area contributed by atoms with E-state index in [1.807, 2.05) is 37.3 Å². The van der Waals surface area contributed by atoms with Gasteiger partial charge in [-0.15, -0.1) is 0 Å². The summed E-state index contributed by atoms with van der Waals surface area (Å²) in [6, 6.07) is 10.1. The van der Waals surface area contributed by atoms with Crippen LogP contribution in [0.2, 0.25) is 0 Å². The van der Waals surface area contributed by atoms with Crippen molar-refractivity contribution in [2.75, 3.05) is 18.4 Å². The number of nitrogens with one attached hydrogen (secondary N) is 2. The number of aryl methyl sites for hydroxylation is 1. The van der Waals surface area contributed by atoms with Gasteiger partial charge in [-0.1, -0.05) is 32.0 Å². The minimum atomic E-state index is 0.0892. The van der Waals surface area contributed by atoms with Crippen LogP contribution in [-0.2, 0) is 4.79 Å². The number of pyridine rings is 1. The molecule has 0 unspecified atom stereocenters. The molecule has 0 fully saturated rings. The van der Waals surface area contributed by atoms with Crippen molar-refractivity contribution in [3.05, 3.63) is 36.0 Å². The Kier molecular flexibility index (Phi) is 5.14. The molecule has 0 spiro atoms. The highest BCUT2D eigenvalue weighted by Crippen LogP contribution is 2.22. The third-order valence-corrected chi connectivity index (χ3v) is 3.22. The second-order valence-electron chi connectivity index (χ2n) is 5.70. The molecule has 0 aliphatic carbocycles. The first kappa shape index (κ1) is 15.3. The van der Waals surface area contributed by atoms with Crippen molar-refractivity contribution in [2.45, 2.75) is 27.2 Å². The first-order valence-electron chi connectivity index (χ1n) is 7.43. The van der Waals surface area contributed by atoms with Crippen LogP contribution in [-0.4, -0.2) is 24.0 Å². The van der Waals surface area contributed by atoms with Crippen molar-refractivity contribution >= 4 is 22.5 Å². The number of aromatic nitrogens is 1. The van der Waals surface area contributed by atoms with Gasteiger partial charge in [0.05, 0.1) is 5.52 Å². The lowest BCUT2D eigenvalue weighted by atomic mass is 10.1. The number of carbonyl (C=O) groups excluding carboxylic acids is 1. The largest absolute Gasteiger partial charge is 0.384 e. The summed E-state index contributed by atoms with van der Waals surface area (Å²) in [6.45, 7) is 7.51. The van der Waals surface area contributed by atoms with E-state index in [9.17, 15) is 4.79 Å². The number of nitrogens with zero attached hydrogens (tertiary/aromatic N) is 1. The summed E-state index contributed by atoms with van der Waals surface area (Å²) < 4.78 is 0. The molecular formula is C17H23N3O. The number of amides is 1. The number of fused-ring (bicyclic) bond motifs is 1. The Bertz CT molecular complexity index is 622. The number of para-hydroxylation sites is 1. The van der Waals surface area contributed by atoms with Crippen LogP contribution in [0.15, 0.2) is 30.3 Å². The molecule has 1 amide bonds. The first-order chi connectivity index (χ1) is 10.1. The molecule has 0 saturated carbocycles. The van der Waals surface area contributed by atoms with E-state index in [-0.39, 0.29) is 5.91 Å². The van der Waals surface area contributed by atoms with Crippen molar-refractivity contribution in [3.63, 3.8) is 0 Å². The highest BCUT2D eigenvalue weighted by molar-refractivity contribution is 5.91. The maximum atomic E-state index is 11.7. The molecule has 112 valence electrons. The molecular weight excluding hydrogens is 262 g/mol. The summed E-state index contributed by atoms with van der Waals surface area (Å²) in [5, 5.41) is 7.36. The van der Waals surface area contributed by atoms with Crippen LogP contribution in [0.4, 0.5) is 5.69 Å². The molecule has 0 radical (unpaired) electrons. The van der Waals surface area contributed by atoms with E-state index in [4.69, 9.17) is 0 Å². The molecule has 0 bridgehead atoms. The normalized spacial score (nSPS) is 10.9. The highest BCUT2D eigenvalue weighted by Gasteiger charge is 2.05. The van der Waals surface area contributed by atoms with Crippen molar-refractivity contribution < 1.29 is 4.79 Å². The summed E-state index contributed by atoms with van der Waals surface area (Å²) in [4.78, 5) is 16.2. The van der Waals surface area contributed by atoms with Gasteiger partial charge in [0, 0.05) is 36.3 Å². The molecule has 1 aromatic carbocycles. The van der Waals surface area contributed by atoms with Crippen molar-refractivity contribution in [3.8, 4) is 0 Å². The van der Waals surface area contributed by atoms with Gasteiger partial charge in [-0.05, 0) is 25.0 Å². The predicted octanol–water partition coefficient (Wildman–Crippen LogP) is 3.12. The van der Waals surface area contributed by atoms with Gasteiger partial charge in [0.1, 0.15) is 0 Å². The van der Waals surface area contributed by atoms with Crippen LogP contribution in [0, 0.1) is 12.8 Å². The van der Waals surface area contributed by atoms with E-state index >= 15 is 0 Å². The molecule has 2 N–H and O–H groups in total. The molecule has 21 heavy (non-hydrogen) atoms. The molecule has 1 heterocycles. The van der Waals surface area contributed by atoms with E-state index in [1.54, 1.807) is 0 Å². The Hall–Kier alpha value is -2.10. The fourth-order valence-electron chi connectivity index (χ4n) is 2.17. The SMILES string of the molecule is Cc1cc(NCCC(=O)NCC(C)C)c2ccccc2n1. The van der Waals surface area contributed by atoms with E-state index < -0.39 is 0 Å². The van der Waals surface area contributed by atoms with Gasteiger partial charge in [0.2, 0.25) is 5.91 Å². The Morgan fingerprint density at radius 1 is 1.29 bits per heavy atom. The summed E-state index contributed by atoms with van der Waals surface area (Å²) >= 11 is 0. The quantitative estimate of drug-likeness (QED) is 0.857. The number of carbonyl (C=O) groups is 1. The standard InChI is InChI=1S/C17H23N3O/c1-12(2)11-19-17(21)8-9-18-16-10-13(3)20-15-7-5-4-6-14(15)16/h4-7,10,12H,8-9,11H2,1-3H3,(H,18,20)(H,19,21). The van der Waals surface area contributed by atoms with Crippen LogP contribution in [0.3, 0.4) is 0 Å². The zero-order valence-electron chi connectivity index (χ0n) is 12.9. The third-order valence-electron chi connectivity index (χ3n) is 3.22. The van der Waals surface area contributed by atoms with Crippen LogP contribution in [0.1, 0.15) is 26.0 Å². The fraction of sp³-hybridized carbons (Fsp3) is 0.412. The highest BCUT2D eigenvalue weighted by atomic mass is 16.1. The second-order valence-corrected chi connectivity index (χ2v) is 5.70. The Morgan fingerprint density at radius 3 is 2.81 bits per heavy atom. The molecule has 0 saturated heterocycles. The smallest absolute Gasteiger partial charge is 0.221 e. The van der Waals surface area contributed by atoms with Gasteiger partial charge in [-0.3, -0.25) is 9.78 Å². The lowest BCUT2D eigenvalue weighted by molar-refractivity contribution is -0.120. The van der Waals surface area contributed by atoms with Gasteiger partial charge < -0.3 is 10.6 Å². The predicted molar refractivity (Wildman–Crippen MR) is 87.4 cm³/mol. The first-order valence-corrected chi connectivity index (χ1v) is 7.43. The monoisotopic (exact) mass is 285 g/mol. The van der Waals surface area contributed by atoms with Crippen LogP contribution in [0.25, 0.3) is 10.9 Å². The molecule has 0 atom stereocenters. The molecule has 2 rings (SSSR count). The summed E-state index contributed by atoms with van der Waals surface area (Å²) in [6.07, 6.45) is 0.475. The third kappa shape index (κ3) is 4.45. The fourth-order valence-corrected chi connectivity index (χ4v) is 2.17. The molecule has 0 aliphatic rings. The van der Waals surface area contributed by atoms with Gasteiger partial charge in [0.25, 0.3) is 0 Å². The van der Waals surface area contributed by atoms with E-state index in [0.29, 0.717) is 18.9 Å². The van der Waals surface area contributed by atoms with Gasteiger partial charge >= 0.3 is 0 Å². The molecule has 0 aliphatic heterocycles. The topological polar surface area (TPSA) is 54.0 Å². The Balaban J connectivity index is 1.96. The molecule has 1 aromatic heterocycles. The average Bonchev–Trinajstić information content (AvgIpc) is 2.45. The van der Waals surface area contributed by atoms with Crippen LogP contribution >= 0.6 is 0 Å². The van der Waals surface area contributed by atoms with Crippen molar-refractivity contribution in [1.82, 2.24) is 10.3 Å². The van der Waals surface area contributed by atoms with E-state index in [1.165, 1.54) is 0 Å². The summed E-state index contributed by atoms with van der Waals surface area (Å²) in [7, 11) is 0. The number of hydrogen-bond acceptors (Lipinski definition) is 3. The summed E-state index contributed by atoms with van der Waals surface area (Å²) in [5.74, 6) is 0.569. The second kappa shape index (κ2) is 7.07. The molecule has 2 aromatic rings. The van der Waals surface area contributed by atoms with E-state index in [0.717, 1.165) is 28.8 Å². The maximum absolute atomic E-state index is 11.7. The maximum Gasteiger partial charge on any atom is 0.221 e. The lowest BCUT2D eigenvalue weighted by Gasteiger charge is -2.11. The van der Waals surface area contributed by atoms with Gasteiger partial charge in [-0.25, -0.2) is 0 Å². The number of anilines is 1. The minimum Gasteiger partial charge on any atom is -0.384 e. The zero-order chi connectivity index (χ0) is 15.2. The number of hydrogen-bond donors (Lipinski definition) is 2. The van der Waals surface area contributed by atoms with Gasteiger partial charge in [-0.2, -0.15) is 0 Å². The van der Waals surface area contributed by atoms with Crippen molar-refractivity contribution in [2.24, 2.45) is 5.92 Å². The Morgan fingerprint density at radius 2 is 2.05 bits per heavy atom. The average molecular weight is 285 g/mol. The summed E-state index contributed by atoms with van der Waals surface area (Å²) in [5.41, 5.74) is 2.99.